The minimum absolute atomic E-state index is 0.164. The lowest BCUT2D eigenvalue weighted by Gasteiger charge is -2.14. The zero-order valence-corrected chi connectivity index (χ0v) is 11.5. The van der Waals surface area contributed by atoms with Crippen LogP contribution in [0.2, 0.25) is 0 Å². The second kappa shape index (κ2) is 5.46. The third kappa shape index (κ3) is 2.43. The van der Waals surface area contributed by atoms with Crippen molar-refractivity contribution in [3.05, 3.63) is 65.7 Å². The van der Waals surface area contributed by atoms with Gasteiger partial charge in [0.05, 0.1) is 36.1 Å². The van der Waals surface area contributed by atoms with Crippen molar-refractivity contribution in [1.82, 2.24) is 9.97 Å². The van der Waals surface area contributed by atoms with Gasteiger partial charge in [0.1, 0.15) is 0 Å². The third-order valence-corrected chi connectivity index (χ3v) is 3.33. The summed E-state index contributed by atoms with van der Waals surface area (Å²) in [6.07, 6.45) is 1.58. The van der Waals surface area contributed by atoms with E-state index in [9.17, 15) is 4.39 Å². The van der Waals surface area contributed by atoms with Gasteiger partial charge in [0.2, 0.25) is 0 Å². The number of rotatable bonds is 3. The Hall–Kier alpha value is -2.53. The Balaban J connectivity index is 2.06. The van der Waals surface area contributed by atoms with Crippen LogP contribution >= 0.6 is 0 Å². The van der Waals surface area contributed by atoms with E-state index < -0.39 is 11.9 Å². The Morgan fingerprint density at radius 1 is 1.10 bits per heavy atom. The normalized spacial score (nSPS) is 12.3. The largest absolute Gasteiger partial charge is 0.494 e. The summed E-state index contributed by atoms with van der Waals surface area (Å²) in [5, 5.41) is 0. The molecule has 0 bridgehead atoms. The van der Waals surface area contributed by atoms with Crippen molar-refractivity contribution in [3.8, 4) is 5.75 Å². The molecule has 0 spiro atoms. The molecule has 21 heavy (non-hydrogen) atoms. The zero-order valence-electron chi connectivity index (χ0n) is 11.5. The van der Waals surface area contributed by atoms with Gasteiger partial charge in [0, 0.05) is 5.56 Å². The Bertz CT molecular complexity index is 791. The van der Waals surface area contributed by atoms with Crippen LogP contribution < -0.4 is 10.5 Å². The number of hydrogen-bond donors (Lipinski definition) is 1. The summed E-state index contributed by atoms with van der Waals surface area (Å²) < 4.78 is 19.2. The third-order valence-electron chi connectivity index (χ3n) is 3.33. The van der Waals surface area contributed by atoms with Crippen LogP contribution in [0.25, 0.3) is 11.0 Å². The molecule has 4 nitrogen and oxygen atoms in total. The second-order valence-corrected chi connectivity index (χ2v) is 4.62. The smallest absolute Gasteiger partial charge is 0.170 e. The van der Waals surface area contributed by atoms with Crippen LogP contribution in [0.15, 0.2) is 48.7 Å². The van der Waals surface area contributed by atoms with Gasteiger partial charge in [-0.2, -0.15) is 0 Å². The summed E-state index contributed by atoms with van der Waals surface area (Å²) in [4.78, 5) is 8.76. The maximum atomic E-state index is 14.3. The van der Waals surface area contributed by atoms with Gasteiger partial charge in [-0.05, 0) is 18.2 Å². The number of aromatic nitrogens is 2. The lowest BCUT2D eigenvalue weighted by Crippen LogP contribution is -2.16. The number of para-hydroxylation sites is 2. The minimum Gasteiger partial charge on any atom is -0.494 e. The quantitative estimate of drug-likeness (QED) is 0.803. The van der Waals surface area contributed by atoms with Crippen LogP contribution in [0, 0.1) is 5.82 Å². The van der Waals surface area contributed by atoms with Crippen molar-refractivity contribution in [1.29, 1.82) is 0 Å². The molecule has 1 heterocycles. The highest BCUT2D eigenvalue weighted by Crippen LogP contribution is 2.27. The first kappa shape index (κ1) is 13.5. The number of hydrogen-bond acceptors (Lipinski definition) is 4. The highest BCUT2D eigenvalue weighted by atomic mass is 19.1. The van der Waals surface area contributed by atoms with E-state index in [2.05, 4.69) is 9.97 Å². The topological polar surface area (TPSA) is 61.0 Å². The van der Waals surface area contributed by atoms with E-state index in [0.717, 1.165) is 11.0 Å². The summed E-state index contributed by atoms with van der Waals surface area (Å²) in [6, 6.07) is 11.7. The van der Waals surface area contributed by atoms with Crippen molar-refractivity contribution in [2.75, 3.05) is 7.11 Å². The van der Waals surface area contributed by atoms with Gasteiger partial charge < -0.3 is 10.5 Å². The molecule has 0 aliphatic heterocycles. The van der Waals surface area contributed by atoms with Crippen molar-refractivity contribution in [2.24, 2.45) is 5.73 Å². The molecule has 0 saturated carbocycles. The SMILES string of the molecule is COc1cccc(C(N)c2cnc3ccccc3n2)c1F. The lowest BCUT2D eigenvalue weighted by molar-refractivity contribution is 0.383. The first-order chi connectivity index (χ1) is 10.2. The maximum Gasteiger partial charge on any atom is 0.170 e. The lowest BCUT2D eigenvalue weighted by atomic mass is 10.0. The predicted octanol–water partition coefficient (Wildman–Crippen LogP) is 2.83. The average Bonchev–Trinajstić information content (AvgIpc) is 2.54. The van der Waals surface area contributed by atoms with Crippen LogP contribution in [0.5, 0.6) is 5.75 Å². The monoisotopic (exact) mass is 283 g/mol. The fraction of sp³-hybridized carbons (Fsp3) is 0.125. The molecule has 3 rings (SSSR count). The van der Waals surface area contributed by atoms with E-state index in [0.29, 0.717) is 11.3 Å². The number of nitrogens with zero attached hydrogens (tertiary/aromatic N) is 2. The first-order valence-corrected chi connectivity index (χ1v) is 6.50. The molecule has 1 unspecified atom stereocenters. The molecule has 5 heteroatoms. The van der Waals surface area contributed by atoms with Crippen molar-refractivity contribution >= 4 is 11.0 Å². The van der Waals surface area contributed by atoms with Crippen LogP contribution in [0.3, 0.4) is 0 Å². The molecule has 1 atom stereocenters. The van der Waals surface area contributed by atoms with Crippen LogP contribution in [-0.2, 0) is 0 Å². The van der Waals surface area contributed by atoms with Gasteiger partial charge in [-0.1, -0.05) is 24.3 Å². The van der Waals surface area contributed by atoms with Gasteiger partial charge in [-0.3, -0.25) is 4.98 Å². The second-order valence-electron chi connectivity index (χ2n) is 4.62. The maximum absolute atomic E-state index is 14.3. The average molecular weight is 283 g/mol. The van der Waals surface area contributed by atoms with Crippen molar-refractivity contribution in [2.45, 2.75) is 6.04 Å². The number of ether oxygens (including phenoxy) is 1. The molecule has 3 aromatic rings. The molecule has 2 aromatic carbocycles. The molecule has 106 valence electrons. The van der Waals surface area contributed by atoms with E-state index in [-0.39, 0.29) is 5.75 Å². The predicted molar refractivity (Wildman–Crippen MR) is 78.5 cm³/mol. The van der Waals surface area contributed by atoms with Gasteiger partial charge in [0.15, 0.2) is 11.6 Å². The number of benzene rings is 2. The number of fused-ring (bicyclic) bond motifs is 1. The Kier molecular flexibility index (Phi) is 3.50. The number of halogens is 1. The number of methoxy groups -OCH3 is 1. The summed E-state index contributed by atoms with van der Waals surface area (Å²) >= 11 is 0. The zero-order chi connectivity index (χ0) is 14.8. The van der Waals surface area contributed by atoms with Gasteiger partial charge in [0.25, 0.3) is 0 Å². The van der Waals surface area contributed by atoms with Crippen LogP contribution in [0.1, 0.15) is 17.3 Å². The Morgan fingerprint density at radius 3 is 2.62 bits per heavy atom. The molecule has 0 saturated heterocycles. The van der Waals surface area contributed by atoms with Crippen molar-refractivity contribution < 1.29 is 9.13 Å². The molecule has 0 aliphatic carbocycles. The van der Waals surface area contributed by atoms with E-state index >= 15 is 0 Å². The van der Waals surface area contributed by atoms with Gasteiger partial charge >= 0.3 is 0 Å². The van der Waals surface area contributed by atoms with Gasteiger partial charge in [-0.25, -0.2) is 9.37 Å². The molecule has 0 amide bonds. The molecular formula is C16H14FN3O. The molecule has 2 N–H and O–H groups in total. The fourth-order valence-corrected chi connectivity index (χ4v) is 2.21. The Morgan fingerprint density at radius 2 is 1.86 bits per heavy atom. The van der Waals surface area contributed by atoms with E-state index in [1.54, 1.807) is 24.4 Å². The molecular weight excluding hydrogens is 269 g/mol. The molecule has 0 aliphatic rings. The summed E-state index contributed by atoms with van der Waals surface area (Å²) in [5.41, 5.74) is 8.49. The van der Waals surface area contributed by atoms with Crippen LogP contribution in [-0.4, -0.2) is 17.1 Å². The summed E-state index contributed by atoms with van der Waals surface area (Å²) in [7, 11) is 1.42. The fourth-order valence-electron chi connectivity index (χ4n) is 2.21. The Labute approximate surface area is 121 Å². The van der Waals surface area contributed by atoms with E-state index in [4.69, 9.17) is 10.5 Å². The molecule has 0 fully saturated rings. The first-order valence-electron chi connectivity index (χ1n) is 6.50. The molecule has 0 radical (unpaired) electrons. The summed E-state index contributed by atoms with van der Waals surface area (Å²) in [5.74, 6) is -0.306. The van der Waals surface area contributed by atoms with E-state index in [1.165, 1.54) is 7.11 Å². The highest BCUT2D eigenvalue weighted by molar-refractivity contribution is 5.73. The standard InChI is InChI=1S/C16H14FN3O/c1-21-14-8-4-5-10(15(14)17)16(18)13-9-19-11-6-2-3-7-12(11)20-13/h2-9,16H,18H2,1H3. The summed E-state index contributed by atoms with van der Waals surface area (Å²) in [6.45, 7) is 0. The van der Waals surface area contributed by atoms with Crippen LogP contribution in [0.4, 0.5) is 4.39 Å². The highest BCUT2D eigenvalue weighted by Gasteiger charge is 2.18. The minimum atomic E-state index is -0.697. The van der Waals surface area contributed by atoms with Crippen molar-refractivity contribution in [3.63, 3.8) is 0 Å². The van der Waals surface area contributed by atoms with Gasteiger partial charge in [-0.15, -0.1) is 0 Å². The number of nitrogens with two attached hydrogens (primary N) is 1. The molecule has 1 aromatic heterocycles. The van der Waals surface area contributed by atoms with E-state index in [1.807, 2.05) is 24.3 Å².